The molecule has 2 rings (SSSR count). The van der Waals surface area contributed by atoms with Crippen LogP contribution < -0.4 is 0 Å². The molecule has 1 aromatic rings. The number of aliphatic hydroxyl groups excluding tert-OH is 2. The van der Waals surface area contributed by atoms with Crippen LogP contribution in [0.1, 0.15) is 35.2 Å². The lowest BCUT2D eigenvalue weighted by Gasteiger charge is -2.30. The summed E-state index contributed by atoms with van der Waals surface area (Å²) >= 11 is 0. The fourth-order valence-electron chi connectivity index (χ4n) is 2.28. The Labute approximate surface area is 123 Å². The minimum atomic E-state index is -0.552. The Kier molecular flexibility index (Phi) is 5.32. The molecule has 112 valence electrons. The maximum Gasteiger partial charge on any atom is 0.254 e. The number of carbonyl (C=O) groups excluding carboxylic acids is 1. The average Bonchev–Trinajstić information content (AvgIpc) is 2.48. The smallest absolute Gasteiger partial charge is 0.254 e. The summed E-state index contributed by atoms with van der Waals surface area (Å²) in [5.74, 6) is 4.43. The summed E-state index contributed by atoms with van der Waals surface area (Å²) in [4.78, 5) is 13.8. The zero-order chi connectivity index (χ0) is 15.2. The fraction of sp³-hybridized carbons (Fsp3) is 0.438. The predicted molar refractivity (Wildman–Crippen MR) is 76.1 cm³/mol. The Balaban J connectivity index is 2.12. The quantitative estimate of drug-likeness (QED) is 0.804. The lowest BCUT2D eigenvalue weighted by atomic mass is 10.1. The van der Waals surface area contributed by atoms with Gasteiger partial charge in [-0.25, -0.2) is 4.39 Å². The SMILES string of the molecule is O=C(c1ccc(C#CCCO)c(F)c1)N1CCCC(O)C1. The molecular weight excluding hydrogens is 273 g/mol. The fourth-order valence-corrected chi connectivity index (χ4v) is 2.28. The molecule has 0 aromatic heterocycles. The summed E-state index contributed by atoms with van der Waals surface area (Å²) in [7, 11) is 0. The van der Waals surface area contributed by atoms with Crippen molar-refractivity contribution in [3.8, 4) is 11.8 Å². The van der Waals surface area contributed by atoms with Crippen LogP contribution in [-0.2, 0) is 0 Å². The summed E-state index contributed by atoms with van der Waals surface area (Å²) in [6.07, 6.45) is 1.22. The van der Waals surface area contributed by atoms with Gasteiger partial charge in [0.2, 0.25) is 0 Å². The summed E-state index contributed by atoms with van der Waals surface area (Å²) in [6.45, 7) is 0.802. The van der Waals surface area contributed by atoms with E-state index in [1.807, 2.05) is 0 Å². The lowest BCUT2D eigenvalue weighted by Crippen LogP contribution is -2.42. The van der Waals surface area contributed by atoms with Crippen LogP contribution >= 0.6 is 0 Å². The van der Waals surface area contributed by atoms with Crippen LogP contribution in [0.5, 0.6) is 0 Å². The molecule has 0 radical (unpaired) electrons. The molecule has 0 spiro atoms. The molecule has 0 saturated carbocycles. The molecule has 1 unspecified atom stereocenters. The summed E-state index contributed by atoms with van der Waals surface area (Å²) in [5, 5.41) is 18.2. The largest absolute Gasteiger partial charge is 0.395 e. The normalized spacial score (nSPS) is 18.0. The van der Waals surface area contributed by atoms with Gasteiger partial charge in [0.05, 0.1) is 18.3 Å². The van der Waals surface area contributed by atoms with Gasteiger partial charge in [-0.15, -0.1) is 0 Å². The number of likely N-dealkylation sites (tertiary alicyclic amines) is 1. The van der Waals surface area contributed by atoms with Gasteiger partial charge in [-0.05, 0) is 31.0 Å². The number of piperidine rings is 1. The number of rotatable bonds is 2. The molecule has 5 heteroatoms. The van der Waals surface area contributed by atoms with E-state index in [4.69, 9.17) is 5.11 Å². The molecule has 21 heavy (non-hydrogen) atoms. The topological polar surface area (TPSA) is 60.8 Å². The highest BCUT2D eigenvalue weighted by molar-refractivity contribution is 5.94. The minimum absolute atomic E-state index is 0.0670. The second-order valence-corrected chi connectivity index (χ2v) is 5.02. The van der Waals surface area contributed by atoms with Crippen LogP contribution in [0.4, 0.5) is 4.39 Å². The van der Waals surface area contributed by atoms with Gasteiger partial charge >= 0.3 is 0 Å². The van der Waals surface area contributed by atoms with Crippen molar-refractivity contribution in [3.63, 3.8) is 0 Å². The van der Waals surface area contributed by atoms with E-state index in [2.05, 4.69) is 11.8 Å². The zero-order valence-corrected chi connectivity index (χ0v) is 11.7. The highest BCUT2D eigenvalue weighted by Crippen LogP contribution is 2.16. The van der Waals surface area contributed by atoms with E-state index in [0.29, 0.717) is 19.5 Å². The molecule has 2 N–H and O–H groups in total. The Bertz CT molecular complexity index is 577. The highest BCUT2D eigenvalue weighted by Gasteiger charge is 2.23. The van der Waals surface area contributed by atoms with Crippen LogP contribution in [0, 0.1) is 17.7 Å². The monoisotopic (exact) mass is 291 g/mol. The molecule has 1 fully saturated rings. The van der Waals surface area contributed by atoms with Gasteiger partial charge in [-0.1, -0.05) is 11.8 Å². The van der Waals surface area contributed by atoms with Crippen molar-refractivity contribution in [2.45, 2.75) is 25.4 Å². The van der Waals surface area contributed by atoms with Crippen LogP contribution in [0.3, 0.4) is 0 Å². The predicted octanol–water partition coefficient (Wildman–Crippen LogP) is 1.16. The Morgan fingerprint density at radius 2 is 2.29 bits per heavy atom. The van der Waals surface area contributed by atoms with E-state index in [1.165, 1.54) is 18.2 Å². The zero-order valence-electron chi connectivity index (χ0n) is 11.7. The van der Waals surface area contributed by atoms with Crippen LogP contribution in [0.15, 0.2) is 18.2 Å². The van der Waals surface area contributed by atoms with E-state index in [0.717, 1.165) is 6.42 Å². The maximum atomic E-state index is 13.9. The standard InChI is InChI=1S/C16H18FNO3/c17-15-10-13(7-6-12(15)4-1-2-9-19)16(21)18-8-3-5-14(20)11-18/h6-7,10,14,19-20H,2-3,5,8-9,11H2. The first kappa shape index (κ1) is 15.5. The number of amides is 1. The third kappa shape index (κ3) is 4.03. The number of nitrogens with zero attached hydrogens (tertiary/aromatic N) is 1. The molecular formula is C16H18FNO3. The van der Waals surface area contributed by atoms with Gasteiger partial charge in [0.1, 0.15) is 5.82 Å². The maximum absolute atomic E-state index is 13.9. The molecule has 1 saturated heterocycles. The van der Waals surface area contributed by atoms with Crippen molar-refractivity contribution < 1.29 is 19.4 Å². The number of hydrogen-bond acceptors (Lipinski definition) is 3. The first-order valence-electron chi connectivity index (χ1n) is 6.98. The molecule has 0 aliphatic carbocycles. The Morgan fingerprint density at radius 1 is 1.48 bits per heavy atom. The number of halogens is 1. The molecule has 1 aliphatic heterocycles. The van der Waals surface area contributed by atoms with Crippen LogP contribution in [0.2, 0.25) is 0 Å². The molecule has 1 heterocycles. The van der Waals surface area contributed by atoms with E-state index >= 15 is 0 Å². The number of hydrogen-bond donors (Lipinski definition) is 2. The van der Waals surface area contributed by atoms with Crippen molar-refractivity contribution in [1.29, 1.82) is 0 Å². The molecule has 4 nitrogen and oxygen atoms in total. The summed E-state index contributed by atoms with van der Waals surface area (Å²) in [6, 6.07) is 4.18. The van der Waals surface area contributed by atoms with Crippen LogP contribution in [0.25, 0.3) is 0 Å². The van der Waals surface area contributed by atoms with E-state index in [-0.39, 0.29) is 30.1 Å². The summed E-state index contributed by atoms with van der Waals surface area (Å²) < 4.78 is 13.9. The van der Waals surface area contributed by atoms with Crippen LogP contribution in [-0.4, -0.2) is 46.8 Å². The van der Waals surface area contributed by atoms with Crippen molar-refractivity contribution in [3.05, 3.63) is 35.1 Å². The summed E-state index contributed by atoms with van der Waals surface area (Å²) in [5.41, 5.74) is 0.466. The number of benzene rings is 1. The first-order chi connectivity index (χ1) is 10.1. The van der Waals surface area contributed by atoms with Crippen molar-refractivity contribution in [2.24, 2.45) is 0 Å². The molecule has 1 aliphatic rings. The van der Waals surface area contributed by atoms with E-state index in [9.17, 15) is 14.3 Å². The number of aliphatic hydroxyl groups is 2. The third-order valence-electron chi connectivity index (χ3n) is 3.36. The van der Waals surface area contributed by atoms with E-state index in [1.54, 1.807) is 4.90 Å². The van der Waals surface area contributed by atoms with E-state index < -0.39 is 11.9 Å². The average molecular weight is 291 g/mol. The third-order valence-corrected chi connectivity index (χ3v) is 3.36. The molecule has 1 amide bonds. The van der Waals surface area contributed by atoms with Gasteiger partial charge in [-0.3, -0.25) is 4.79 Å². The lowest BCUT2D eigenvalue weighted by molar-refractivity contribution is 0.0473. The van der Waals surface area contributed by atoms with Gasteiger partial charge < -0.3 is 15.1 Å². The highest BCUT2D eigenvalue weighted by atomic mass is 19.1. The first-order valence-corrected chi connectivity index (χ1v) is 6.98. The van der Waals surface area contributed by atoms with Crippen molar-refractivity contribution >= 4 is 5.91 Å². The van der Waals surface area contributed by atoms with Crippen molar-refractivity contribution in [2.75, 3.05) is 19.7 Å². The Morgan fingerprint density at radius 3 is 2.95 bits per heavy atom. The van der Waals surface area contributed by atoms with Gasteiger partial charge in [-0.2, -0.15) is 0 Å². The van der Waals surface area contributed by atoms with Gasteiger partial charge in [0.15, 0.2) is 0 Å². The minimum Gasteiger partial charge on any atom is -0.395 e. The second kappa shape index (κ2) is 7.21. The number of β-amino-alcohol motifs (C(OH)–C–C–N with tert-alkyl or cyclic N) is 1. The van der Waals surface area contributed by atoms with Crippen molar-refractivity contribution in [1.82, 2.24) is 4.90 Å². The second-order valence-electron chi connectivity index (χ2n) is 5.02. The molecule has 1 aromatic carbocycles. The number of carbonyl (C=O) groups is 1. The molecule has 1 atom stereocenters. The Hall–Kier alpha value is -1.90. The van der Waals surface area contributed by atoms with Gasteiger partial charge in [0, 0.05) is 25.1 Å². The molecule has 0 bridgehead atoms. The van der Waals surface area contributed by atoms with Gasteiger partial charge in [0.25, 0.3) is 5.91 Å².